The van der Waals surface area contributed by atoms with Crippen LogP contribution in [0.3, 0.4) is 0 Å². The number of benzene rings is 2. The summed E-state index contributed by atoms with van der Waals surface area (Å²) in [5.74, 6) is 1.24. The van der Waals surface area contributed by atoms with Crippen LogP contribution in [0, 0.1) is 17.2 Å². The second-order valence-electron chi connectivity index (χ2n) is 9.58. The maximum Gasteiger partial charge on any atom is 0.323 e. The minimum absolute atomic E-state index is 0.141. The number of carbonyl (C=O) groups excluding carboxylic acids is 1. The number of nitriles is 1. The van der Waals surface area contributed by atoms with Gasteiger partial charge in [-0.25, -0.2) is 0 Å². The van der Waals surface area contributed by atoms with Crippen molar-refractivity contribution in [1.82, 2.24) is 9.80 Å². The minimum Gasteiger partial charge on any atom is -0.490 e. The Kier molecular flexibility index (Phi) is 9.03. The molecule has 0 spiro atoms. The Hall–Kier alpha value is -2.59. The second-order valence-corrected chi connectivity index (χ2v) is 9.99. The van der Waals surface area contributed by atoms with E-state index in [2.05, 4.69) is 28.0 Å². The molecule has 0 N–H and O–H groups in total. The van der Waals surface area contributed by atoms with E-state index in [1.54, 1.807) is 12.1 Å². The lowest BCUT2D eigenvalue weighted by molar-refractivity contribution is -0.147. The molecule has 0 aromatic heterocycles. The molecular formula is C28H34ClN3O3. The van der Waals surface area contributed by atoms with Gasteiger partial charge in [-0.15, -0.1) is 0 Å². The Morgan fingerprint density at radius 2 is 1.80 bits per heavy atom. The van der Waals surface area contributed by atoms with Crippen LogP contribution in [0.2, 0.25) is 5.02 Å². The van der Waals surface area contributed by atoms with E-state index in [4.69, 9.17) is 26.3 Å². The van der Waals surface area contributed by atoms with Crippen molar-refractivity contribution in [3.05, 3.63) is 64.7 Å². The molecule has 1 atom stereocenters. The number of esters is 1. The minimum atomic E-state index is -0.216. The highest BCUT2D eigenvalue weighted by Gasteiger charge is 2.32. The number of piperidine rings is 2. The lowest BCUT2D eigenvalue weighted by atomic mass is 9.93. The molecule has 2 fully saturated rings. The van der Waals surface area contributed by atoms with Crippen molar-refractivity contribution in [2.24, 2.45) is 5.92 Å². The fraction of sp³-hybridized carbons (Fsp3) is 0.500. The number of hydrogen-bond donors (Lipinski definition) is 0. The summed E-state index contributed by atoms with van der Waals surface area (Å²) in [5, 5.41) is 9.46. The van der Waals surface area contributed by atoms with Gasteiger partial charge in [0.25, 0.3) is 0 Å². The fourth-order valence-electron chi connectivity index (χ4n) is 5.21. The van der Waals surface area contributed by atoms with E-state index < -0.39 is 0 Å². The Labute approximate surface area is 213 Å². The molecule has 35 heavy (non-hydrogen) atoms. The van der Waals surface area contributed by atoms with E-state index in [1.165, 1.54) is 12.7 Å². The largest absolute Gasteiger partial charge is 0.490 e. The van der Waals surface area contributed by atoms with Crippen LogP contribution < -0.4 is 4.74 Å². The Morgan fingerprint density at radius 3 is 2.43 bits per heavy atom. The molecule has 186 valence electrons. The standard InChI is InChI=1S/C28H34ClN3O3/c1-34-28(33)27(17-21-5-3-2-4-6-21)32-15-9-22(10-16-32)20-31-13-11-24(12-14-31)35-25-8-7-23(19-30)26(29)18-25/h2-8,18,22,24,27H,9-17,20H2,1H3. The maximum absolute atomic E-state index is 12.5. The van der Waals surface area contributed by atoms with Crippen molar-refractivity contribution >= 4 is 17.6 Å². The molecular weight excluding hydrogens is 462 g/mol. The molecule has 1 unspecified atom stereocenters. The second kappa shape index (κ2) is 12.4. The molecule has 2 aliphatic rings. The van der Waals surface area contributed by atoms with Crippen LogP contribution in [-0.2, 0) is 16.0 Å². The van der Waals surface area contributed by atoms with E-state index in [0.29, 0.717) is 22.9 Å². The summed E-state index contributed by atoms with van der Waals surface area (Å²) in [6.45, 7) is 5.00. The third-order valence-electron chi connectivity index (χ3n) is 7.25. The first-order chi connectivity index (χ1) is 17.1. The molecule has 0 amide bonds. The lowest BCUT2D eigenvalue weighted by Crippen LogP contribution is -2.49. The topological polar surface area (TPSA) is 65.8 Å². The van der Waals surface area contributed by atoms with Crippen LogP contribution in [0.25, 0.3) is 0 Å². The third-order valence-corrected chi connectivity index (χ3v) is 7.56. The summed E-state index contributed by atoms with van der Waals surface area (Å²) < 4.78 is 11.3. The van der Waals surface area contributed by atoms with Crippen molar-refractivity contribution in [3.8, 4) is 11.8 Å². The van der Waals surface area contributed by atoms with Gasteiger partial charge in [-0.3, -0.25) is 9.69 Å². The molecule has 0 radical (unpaired) electrons. The summed E-state index contributed by atoms with van der Waals surface area (Å²) in [7, 11) is 1.48. The quantitative estimate of drug-likeness (QED) is 0.500. The molecule has 2 heterocycles. The fourth-order valence-corrected chi connectivity index (χ4v) is 5.42. The average molecular weight is 496 g/mol. The highest BCUT2D eigenvalue weighted by Crippen LogP contribution is 2.27. The van der Waals surface area contributed by atoms with Gasteiger partial charge < -0.3 is 14.4 Å². The number of ether oxygens (including phenoxy) is 2. The third kappa shape index (κ3) is 6.98. The predicted octanol–water partition coefficient (Wildman–Crippen LogP) is 4.55. The number of likely N-dealkylation sites (tertiary alicyclic amines) is 2. The number of hydrogen-bond acceptors (Lipinski definition) is 6. The van der Waals surface area contributed by atoms with Gasteiger partial charge >= 0.3 is 5.97 Å². The van der Waals surface area contributed by atoms with Crippen LogP contribution >= 0.6 is 11.6 Å². The summed E-state index contributed by atoms with van der Waals surface area (Å²) in [5.41, 5.74) is 1.64. The van der Waals surface area contributed by atoms with Crippen molar-refractivity contribution in [2.75, 3.05) is 39.8 Å². The predicted molar refractivity (Wildman–Crippen MR) is 137 cm³/mol. The SMILES string of the molecule is COC(=O)C(Cc1ccccc1)N1CCC(CN2CCC(Oc3ccc(C#N)c(Cl)c3)CC2)CC1. The highest BCUT2D eigenvalue weighted by atomic mass is 35.5. The Bertz CT molecular complexity index is 1010. The van der Waals surface area contributed by atoms with Crippen LogP contribution in [-0.4, -0.2) is 67.7 Å². The molecule has 2 aromatic rings. The van der Waals surface area contributed by atoms with Gasteiger partial charge in [0.05, 0.1) is 17.7 Å². The zero-order valence-corrected chi connectivity index (χ0v) is 21.1. The average Bonchev–Trinajstić information content (AvgIpc) is 2.89. The Morgan fingerprint density at radius 1 is 1.09 bits per heavy atom. The maximum atomic E-state index is 12.5. The molecule has 4 rings (SSSR count). The van der Waals surface area contributed by atoms with Gasteiger partial charge in [-0.2, -0.15) is 5.26 Å². The summed E-state index contributed by atoms with van der Waals surface area (Å²) >= 11 is 6.13. The van der Waals surface area contributed by atoms with Gasteiger partial charge in [0.1, 0.15) is 24.0 Å². The molecule has 2 saturated heterocycles. The molecule has 0 saturated carbocycles. The van der Waals surface area contributed by atoms with E-state index in [9.17, 15) is 4.79 Å². The number of methoxy groups -OCH3 is 1. The molecule has 7 heteroatoms. The number of rotatable bonds is 8. The normalized spacial score (nSPS) is 19.1. The first-order valence-corrected chi connectivity index (χ1v) is 12.9. The first-order valence-electron chi connectivity index (χ1n) is 12.5. The lowest BCUT2D eigenvalue weighted by Gasteiger charge is -2.39. The van der Waals surface area contributed by atoms with Gasteiger partial charge in [0.15, 0.2) is 0 Å². The molecule has 2 aromatic carbocycles. The van der Waals surface area contributed by atoms with Crippen molar-refractivity contribution in [2.45, 2.75) is 44.2 Å². The summed E-state index contributed by atoms with van der Waals surface area (Å²) in [4.78, 5) is 17.4. The summed E-state index contributed by atoms with van der Waals surface area (Å²) in [6, 6.07) is 17.3. The van der Waals surface area contributed by atoms with E-state index in [0.717, 1.165) is 64.2 Å². The van der Waals surface area contributed by atoms with Crippen molar-refractivity contribution in [3.63, 3.8) is 0 Å². The number of carbonyl (C=O) groups is 1. The van der Waals surface area contributed by atoms with Crippen LogP contribution in [0.4, 0.5) is 0 Å². The molecule has 6 nitrogen and oxygen atoms in total. The van der Waals surface area contributed by atoms with Gasteiger partial charge in [0, 0.05) is 25.7 Å². The van der Waals surface area contributed by atoms with Crippen molar-refractivity contribution < 1.29 is 14.3 Å². The van der Waals surface area contributed by atoms with E-state index >= 15 is 0 Å². The van der Waals surface area contributed by atoms with E-state index in [-0.39, 0.29) is 18.1 Å². The van der Waals surface area contributed by atoms with Crippen LogP contribution in [0.1, 0.15) is 36.8 Å². The van der Waals surface area contributed by atoms with Crippen LogP contribution in [0.15, 0.2) is 48.5 Å². The number of nitrogens with zero attached hydrogens (tertiary/aromatic N) is 3. The van der Waals surface area contributed by atoms with Gasteiger partial charge in [-0.1, -0.05) is 41.9 Å². The van der Waals surface area contributed by atoms with E-state index in [1.807, 2.05) is 24.3 Å². The monoisotopic (exact) mass is 495 g/mol. The zero-order valence-electron chi connectivity index (χ0n) is 20.4. The van der Waals surface area contributed by atoms with Crippen LogP contribution in [0.5, 0.6) is 5.75 Å². The van der Waals surface area contributed by atoms with Gasteiger partial charge in [0.2, 0.25) is 0 Å². The zero-order chi connectivity index (χ0) is 24.6. The van der Waals surface area contributed by atoms with Crippen molar-refractivity contribution in [1.29, 1.82) is 5.26 Å². The highest BCUT2D eigenvalue weighted by molar-refractivity contribution is 6.31. The smallest absolute Gasteiger partial charge is 0.323 e. The van der Waals surface area contributed by atoms with Gasteiger partial charge in [-0.05, 0) is 68.8 Å². The number of halogens is 1. The summed E-state index contributed by atoms with van der Waals surface area (Å²) in [6.07, 6.45) is 5.03. The molecule has 0 aliphatic carbocycles. The Balaban J connectivity index is 1.21. The molecule has 0 bridgehead atoms. The molecule has 2 aliphatic heterocycles. The first kappa shape index (κ1) is 25.5.